The number of hydrogen-bond donors (Lipinski definition) is 0. The molecular weight excluding hydrogens is 204 g/mol. The normalized spacial score (nSPS) is 10.8. The maximum Gasteiger partial charge on any atom is 0.248 e. The van der Waals surface area contributed by atoms with Crippen LogP contribution in [0.5, 0.6) is 0 Å². The average Bonchev–Trinajstić information content (AvgIpc) is 2.23. The van der Waals surface area contributed by atoms with Crippen LogP contribution >= 0.6 is 0 Å². The van der Waals surface area contributed by atoms with Gasteiger partial charge in [0.15, 0.2) is 0 Å². The Hall–Kier alpha value is -0.610. The molecule has 0 aromatic heterocycles. The Morgan fingerprint density at radius 1 is 1.06 bits per heavy atom. The van der Waals surface area contributed by atoms with Crippen LogP contribution in [0.2, 0.25) is 0 Å². The predicted molar refractivity (Wildman–Crippen MR) is 66.5 cm³/mol. The minimum absolute atomic E-state index is 0.113. The lowest BCUT2D eigenvalue weighted by Gasteiger charge is -2.21. The van der Waals surface area contributed by atoms with E-state index in [2.05, 4.69) is 13.8 Å². The molecule has 4 nitrogen and oxygen atoms in total. The molecule has 0 spiro atoms. The van der Waals surface area contributed by atoms with Gasteiger partial charge in [0.25, 0.3) is 0 Å². The molecule has 0 unspecified atom stereocenters. The lowest BCUT2D eigenvalue weighted by atomic mass is 10.3. The van der Waals surface area contributed by atoms with E-state index in [9.17, 15) is 4.79 Å². The van der Waals surface area contributed by atoms with E-state index in [4.69, 9.17) is 4.74 Å². The van der Waals surface area contributed by atoms with E-state index < -0.39 is 0 Å². The fourth-order valence-electron chi connectivity index (χ4n) is 1.40. The molecule has 0 N–H and O–H groups in total. The van der Waals surface area contributed by atoms with Crippen LogP contribution in [0.15, 0.2) is 0 Å². The fraction of sp³-hybridized carbons (Fsp3) is 0.917. The van der Waals surface area contributed by atoms with Crippen molar-refractivity contribution in [1.82, 2.24) is 9.80 Å². The molecular formula is C12H26N2O2. The second kappa shape index (κ2) is 9.60. The van der Waals surface area contributed by atoms with Crippen molar-refractivity contribution < 1.29 is 9.53 Å². The highest BCUT2D eigenvalue weighted by Gasteiger charge is 2.11. The van der Waals surface area contributed by atoms with E-state index >= 15 is 0 Å². The average molecular weight is 230 g/mol. The molecule has 0 saturated heterocycles. The standard InChI is InChI=1S/C12H26N2O2/c1-5-7-14(8-6-2)12(15)11-16-10-9-13(3)4/h5-11H2,1-4H3. The number of carbonyl (C=O) groups is 1. The topological polar surface area (TPSA) is 32.8 Å². The van der Waals surface area contributed by atoms with Gasteiger partial charge in [-0.3, -0.25) is 4.79 Å². The van der Waals surface area contributed by atoms with Gasteiger partial charge in [0.1, 0.15) is 6.61 Å². The predicted octanol–water partition coefficient (Wildman–Crippen LogP) is 1.21. The Morgan fingerprint density at radius 3 is 2.06 bits per heavy atom. The molecule has 0 saturated carbocycles. The summed E-state index contributed by atoms with van der Waals surface area (Å²) in [5.41, 5.74) is 0. The molecule has 0 aromatic carbocycles. The van der Waals surface area contributed by atoms with Gasteiger partial charge in [-0.25, -0.2) is 0 Å². The Kier molecular flexibility index (Phi) is 9.24. The lowest BCUT2D eigenvalue weighted by Crippen LogP contribution is -2.35. The first-order valence-corrected chi connectivity index (χ1v) is 6.12. The zero-order chi connectivity index (χ0) is 12.4. The van der Waals surface area contributed by atoms with Crippen LogP contribution in [0.4, 0.5) is 0 Å². The first-order valence-electron chi connectivity index (χ1n) is 6.12. The van der Waals surface area contributed by atoms with E-state index in [0.29, 0.717) is 6.61 Å². The summed E-state index contributed by atoms with van der Waals surface area (Å²) in [4.78, 5) is 15.7. The lowest BCUT2D eigenvalue weighted by molar-refractivity contribution is -0.136. The third-order valence-corrected chi connectivity index (χ3v) is 2.25. The van der Waals surface area contributed by atoms with Gasteiger partial charge >= 0.3 is 0 Å². The molecule has 0 bridgehead atoms. The summed E-state index contributed by atoms with van der Waals surface area (Å²) in [5.74, 6) is 0.113. The second-order valence-electron chi connectivity index (χ2n) is 4.24. The quantitative estimate of drug-likeness (QED) is 0.558. The minimum Gasteiger partial charge on any atom is -0.370 e. The first kappa shape index (κ1) is 15.4. The van der Waals surface area contributed by atoms with E-state index in [1.54, 1.807) is 0 Å². The molecule has 0 rings (SSSR count). The van der Waals surface area contributed by atoms with E-state index in [1.807, 2.05) is 23.9 Å². The number of amides is 1. The van der Waals surface area contributed by atoms with E-state index in [0.717, 1.165) is 32.5 Å². The van der Waals surface area contributed by atoms with Crippen molar-refractivity contribution in [3.8, 4) is 0 Å². The van der Waals surface area contributed by atoms with Gasteiger partial charge in [0.05, 0.1) is 6.61 Å². The zero-order valence-electron chi connectivity index (χ0n) is 11.2. The second-order valence-corrected chi connectivity index (χ2v) is 4.24. The van der Waals surface area contributed by atoms with E-state index in [-0.39, 0.29) is 12.5 Å². The molecule has 0 aliphatic rings. The summed E-state index contributed by atoms with van der Waals surface area (Å²) in [6.45, 7) is 7.53. The Bertz CT molecular complexity index is 178. The van der Waals surface area contributed by atoms with Crippen molar-refractivity contribution in [3.05, 3.63) is 0 Å². The number of hydrogen-bond acceptors (Lipinski definition) is 3. The van der Waals surface area contributed by atoms with Gasteiger partial charge in [-0.05, 0) is 26.9 Å². The van der Waals surface area contributed by atoms with Crippen molar-refractivity contribution in [1.29, 1.82) is 0 Å². The Labute approximate surface area is 99.5 Å². The van der Waals surface area contributed by atoms with Crippen molar-refractivity contribution in [2.24, 2.45) is 0 Å². The van der Waals surface area contributed by atoms with Gasteiger partial charge in [0.2, 0.25) is 5.91 Å². The third-order valence-electron chi connectivity index (χ3n) is 2.25. The summed E-state index contributed by atoms with van der Waals surface area (Å²) in [7, 11) is 3.98. The summed E-state index contributed by atoms with van der Waals surface area (Å²) in [5, 5.41) is 0. The molecule has 4 heteroatoms. The summed E-state index contributed by atoms with van der Waals surface area (Å²) in [6, 6.07) is 0. The monoisotopic (exact) mass is 230 g/mol. The van der Waals surface area contributed by atoms with Crippen LogP contribution in [0.3, 0.4) is 0 Å². The number of nitrogens with zero attached hydrogens (tertiary/aromatic N) is 2. The van der Waals surface area contributed by atoms with Crippen LogP contribution in [0.1, 0.15) is 26.7 Å². The zero-order valence-corrected chi connectivity index (χ0v) is 11.2. The highest BCUT2D eigenvalue weighted by atomic mass is 16.5. The molecule has 0 fully saturated rings. The SMILES string of the molecule is CCCN(CCC)C(=O)COCCN(C)C. The van der Waals surface area contributed by atoms with Crippen LogP contribution in [-0.2, 0) is 9.53 Å². The van der Waals surface area contributed by atoms with Crippen LogP contribution in [-0.4, -0.2) is 62.7 Å². The number of carbonyl (C=O) groups excluding carboxylic acids is 1. The fourth-order valence-corrected chi connectivity index (χ4v) is 1.40. The van der Waals surface area contributed by atoms with E-state index in [1.165, 1.54) is 0 Å². The highest BCUT2D eigenvalue weighted by Crippen LogP contribution is 1.96. The molecule has 16 heavy (non-hydrogen) atoms. The van der Waals surface area contributed by atoms with Crippen LogP contribution in [0, 0.1) is 0 Å². The molecule has 96 valence electrons. The van der Waals surface area contributed by atoms with Gasteiger partial charge in [-0.1, -0.05) is 13.8 Å². The third kappa shape index (κ3) is 7.65. The molecule has 0 aliphatic carbocycles. The highest BCUT2D eigenvalue weighted by molar-refractivity contribution is 5.77. The van der Waals surface area contributed by atoms with Crippen molar-refractivity contribution >= 4 is 5.91 Å². The van der Waals surface area contributed by atoms with Crippen LogP contribution in [0.25, 0.3) is 0 Å². The van der Waals surface area contributed by atoms with Gasteiger partial charge in [-0.15, -0.1) is 0 Å². The largest absolute Gasteiger partial charge is 0.370 e. The minimum atomic E-state index is 0.113. The summed E-state index contributed by atoms with van der Waals surface area (Å²) < 4.78 is 5.35. The molecule has 0 radical (unpaired) electrons. The maximum absolute atomic E-state index is 11.8. The molecule has 0 heterocycles. The van der Waals surface area contributed by atoms with Crippen molar-refractivity contribution in [2.45, 2.75) is 26.7 Å². The number of rotatable bonds is 9. The van der Waals surface area contributed by atoms with Crippen molar-refractivity contribution in [3.63, 3.8) is 0 Å². The summed E-state index contributed by atoms with van der Waals surface area (Å²) >= 11 is 0. The van der Waals surface area contributed by atoms with Gasteiger partial charge in [-0.2, -0.15) is 0 Å². The molecule has 0 aliphatic heterocycles. The maximum atomic E-state index is 11.8. The summed E-state index contributed by atoms with van der Waals surface area (Å²) in [6.07, 6.45) is 2.01. The molecule has 1 amide bonds. The van der Waals surface area contributed by atoms with Gasteiger partial charge in [0, 0.05) is 19.6 Å². The number of likely N-dealkylation sites (N-methyl/N-ethyl adjacent to an activating group) is 1. The number of ether oxygens (including phenoxy) is 1. The van der Waals surface area contributed by atoms with Crippen LogP contribution < -0.4 is 0 Å². The van der Waals surface area contributed by atoms with Crippen molar-refractivity contribution in [2.75, 3.05) is 46.9 Å². The first-order chi connectivity index (χ1) is 7.61. The smallest absolute Gasteiger partial charge is 0.248 e. The molecule has 0 aromatic rings. The Balaban J connectivity index is 3.73. The molecule has 0 atom stereocenters. The van der Waals surface area contributed by atoms with Gasteiger partial charge < -0.3 is 14.5 Å². The Morgan fingerprint density at radius 2 is 1.62 bits per heavy atom.